The van der Waals surface area contributed by atoms with Gasteiger partial charge in [0.2, 0.25) is 0 Å². The molecule has 0 saturated carbocycles. The van der Waals surface area contributed by atoms with Crippen molar-refractivity contribution in [1.82, 2.24) is 9.80 Å². The average molecular weight is 895 g/mol. The summed E-state index contributed by atoms with van der Waals surface area (Å²) in [6, 6.07) is 21.8. The zero-order chi connectivity index (χ0) is 41.3. The van der Waals surface area contributed by atoms with Crippen molar-refractivity contribution in [2.24, 2.45) is 0 Å². The number of hydrogen-bond acceptors (Lipinski definition) is 8. The summed E-state index contributed by atoms with van der Waals surface area (Å²) >= 11 is 14.8. The van der Waals surface area contributed by atoms with Crippen molar-refractivity contribution in [3.8, 4) is 0 Å². The van der Waals surface area contributed by atoms with Crippen LogP contribution in [0.25, 0.3) is 0 Å². The second-order valence-electron chi connectivity index (χ2n) is 12.2. The van der Waals surface area contributed by atoms with E-state index in [0.717, 1.165) is 11.8 Å². The molecule has 2 aliphatic rings. The van der Waals surface area contributed by atoms with Gasteiger partial charge in [-0.1, -0.05) is 51.3 Å². The standard InChI is InChI=1S/C20H20ClFN2O4.C11H13ClN2O2.C9H8BrFO2/c1-27-19(25)14-2-3-15(18(22)12-14)13-24(17-6-4-16(21)5-7-17)20(26)23-8-10-28-11-9-23;12-9-1-3-10(4-2-9)13-11(15)14-5-7-16-8-6-14;1-13-9(12)6-2-3-7(5-10)8(11)4-6/h2-7,12H,8-11,13H2,1H3;1-4H,5-8H2,(H,13,15);2-4H,5H2,1H3. The third-order valence-electron chi connectivity index (χ3n) is 8.47. The minimum absolute atomic E-state index is 0.00507. The number of rotatable bonds is 7. The summed E-state index contributed by atoms with van der Waals surface area (Å²) in [5, 5.41) is 4.44. The SMILES string of the molecule is COC(=O)c1ccc(CBr)c(F)c1.COC(=O)c1ccc(CN(C(=O)N2CCOCC2)c2ccc(Cl)cc2)c(F)c1.O=C(Nc1ccc(Cl)cc1)N1CCOCC1. The van der Waals surface area contributed by atoms with Gasteiger partial charge in [0.1, 0.15) is 11.6 Å². The van der Waals surface area contributed by atoms with Crippen LogP contribution in [0, 0.1) is 11.6 Å². The number of nitrogens with one attached hydrogen (secondary N) is 1. The number of carbonyl (C=O) groups is 4. The number of ether oxygens (including phenoxy) is 4. The van der Waals surface area contributed by atoms with Crippen LogP contribution in [0.15, 0.2) is 84.9 Å². The number of benzene rings is 4. The van der Waals surface area contributed by atoms with E-state index >= 15 is 0 Å². The highest BCUT2D eigenvalue weighted by atomic mass is 79.9. The number of amides is 4. The number of morpholine rings is 2. The Kier molecular flexibility index (Phi) is 18.0. The van der Waals surface area contributed by atoms with E-state index in [-0.39, 0.29) is 35.3 Å². The molecular formula is C40H41BrCl2F2N4O8. The molecule has 2 saturated heterocycles. The summed E-state index contributed by atoms with van der Waals surface area (Å²) in [6.45, 7) is 4.34. The number of methoxy groups -OCH3 is 2. The summed E-state index contributed by atoms with van der Waals surface area (Å²) in [6.07, 6.45) is 0. The quantitative estimate of drug-likeness (QED) is 0.145. The first-order chi connectivity index (χ1) is 27.4. The Morgan fingerprint density at radius 1 is 0.702 bits per heavy atom. The Hall–Kier alpha value is -4.80. The molecule has 17 heteroatoms. The van der Waals surface area contributed by atoms with Gasteiger partial charge in [0.25, 0.3) is 0 Å². The summed E-state index contributed by atoms with van der Waals surface area (Å²) in [7, 11) is 2.50. The smallest absolute Gasteiger partial charge is 0.337 e. The van der Waals surface area contributed by atoms with Gasteiger partial charge in [0.05, 0.1) is 58.3 Å². The summed E-state index contributed by atoms with van der Waals surface area (Å²) in [4.78, 5) is 52.3. The fourth-order valence-corrected chi connectivity index (χ4v) is 6.02. The lowest BCUT2D eigenvalue weighted by molar-refractivity contribution is 0.0548. The van der Waals surface area contributed by atoms with E-state index in [1.165, 1.54) is 43.4 Å². The molecule has 57 heavy (non-hydrogen) atoms. The zero-order valence-electron chi connectivity index (χ0n) is 31.2. The van der Waals surface area contributed by atoms with Crippen molar-refractivity contribution in [3.63, 3.8) is 0 Å². The van der Waals surface area contributed by atoms with E-state index in [0.29, 0.717) is 79.2 Å². The molecule has 0 bridgehead atoms. The number of urea groups is 2. The first-order valence-corrected chi connectivity index (χ1v) is 19.4. The number of anilines is 2. The molecule has 1 N–H and O–H groups in total. The van der Waals surface area contributed by atoms with Crippen molar-refractivity contribution >= 4 is 74.5 Å². The number of alkyl halides is 1. The molecule has 6 rings (SSSR count). The number of esters is 2. The van der Waals surface area contributed by atoms with Gasteiger partial charge in [0, 0.05) is 58.5 Å². The van der Waals surface area contributed by atoms with Crippen LogP contribution in [0.4, 0.5) is 29.7 Å². The lowest BCUT2D eigenvalue weighted by Crippen LogP contribution is -2.48. The van der Waals surface area contributed by atoms with E-state index < -0.39 is 23.6 Å². The summed E-state index contributed by atoms with van der Waals surface area (Å²) in [5.74, 6) is -2.14. The Labute approximate surface area is 347 Å². The molecule has 2 aliphatic heterocycles. The molecule has 0 spiro atoms. The fourth-order valence-electron chi connectivity index (χ4n) is 5.31. The normalized spacial score (nSPS) is 13.5. The molecule has 4 aromatic carbocycles. The zero-order valence-corrected chi connectivity index (χ0v) is 34.2. The first-order valence-electron chi connectivity index (χ1n) is 17.5. The minimum atomic E-state index is -0.621. The number of carbonyl (C=O) groups excluding carboxylic acids is 4. The molecule has 4 aromatic rings. The van der Waals surface area contributed by atoms with Gasteiger partial charge in [-0.3, -0.25) is 4.90 Å². The van der Waals surface area contributed by atoms with Crippen molar-refractivity contribution in [2.45, 2.75) is 11.9 Å². The molecule has 2 fully saturated rings. The van der Waals surface area contributed by atoms with Crippen molar-refractivity contribution in [3.05, 3.63) is 129 Å². The molecule has 0 aliphatic carbocycles. The van der Waals surface area contributed by atoms with Crippen LogP contribution in [0.3, 0.4) is 0 Å². The van der Waals surface area contributed by atoms with Crippen molar-refractivity contribution in [2.75, 3.05) is 77.0 Å². The molecule has 0 atom stereocenters. The highest BCUT2D eigenvalue weighted by Gasteiger charge is 2.26. The number of nitrogens with zero attached hydrogens (tertiary/aromatic N) is 3. The second-order valence-corrected chi connectivity index (χ2v) is 13.6. The summed E-state index contributed by atoms with van der Waals surface area (Å²) < 4.78 is 47.2. The Bertz CT molecular complexity index is 1970. The van der Waals surface area contributed by atoms with Crippen LogP contribution in [-0.4, -0.2) is 101 Å². The molecule has 304 valence electrons. The molecule has 4 amide bonds. The second kappa shape index (κ2) is 22.8. The van der Waals surface area contributed by atoms with Gasteiger partial charge in [0.15, 0.2) is 0 Å². The number of hydrogen-bond donors (Lipinski definition) is 1. The van der Waals surface area contributed by atoms with E-state index in [9.17, 15) is 28.0 Å². The Morgan fingerprint density at radius 3 is 1.61 bits per heavy atom. The predicted octanol–water partition coefficient (Wildman–Crippen LogP) is 8.44. The van der Waals surface area contributed by atoms with Crippen LogP contribution < -0.4 is 10.2 Å². The monoisotopic (exact) mass is 892 g/mol. The molecule has 0 aromatic heterocycles. The number of halogens is 5. The topological polar surface area (TPSA) is 127 Å². The fraction of sp³-hybridized carbons (Fsp3) is 0.300. The average Bonchev–Trinajstić information content (AvgIpc) is 3.24. The van der Waals surface area contributed by atoms with E-state index in [1.807, 2.05) is 0 Å². The molecule has 2 heterocycles. The molecule has 0 radical (unpaired) electrons. The Morgan fingerprint density at radius 2 is 1.16 bits per heavy atom. The maximum Gasteiger partial charge on any atom is 0.337 e. The predicted molar refractivity (Wildman–Crippen MR) is 216 cm³/mol. The third-order valence-corrected chi connectivity index (χ3v) is 9.57. The largest absolute Gasteiger partial charge is 0.465 e. The Balaban J connectivity index is 0.000000209. The van der Waals surface area contributed by atoms with Gasteiger partial charge in [-0.2, -0.15) is 0 Å². The van der Waals surface area contributed by atoms with E-state index in [2.05, 4.69) is 30.7 Å². The van der Waals surface area contributed by atoms with E-state index in [4.69, 9.17) is 32.7 Å². The van der Waals surface area contributed by atoms with Crippen LogP contribution in [-0.2, 0) is 30.8 Å². The van der Waals surface area contributed by atoms with Crippen molar-refractivity contribution < 1.29 is 46.9 Å². The van der Waals surface area contributed by atoms with Crippen LogP contribution in [0.2, 0.25) is 10.0 Å². The highest BCUT2D eigenvalue weighted by Crippen LogP contribution is 2.24. The minimum Gasteiger partial charge on any atom is -0.465 e. The third kappa shape index (κ3) is 13.7. The maximum absolute atomic E-state index is 14.6. The lowest BCUT2D eigenvalue weighted by atomic mass is 10.1. The lowest BCUT2D eigenvalue weighted by Gasteiger charge is -2.33. The molecule has 0 unspecified atom stereocenters. The van der Waals surface area contributed by atoms with Crippen LogP contribution in [0.1, 0.15) is 31.8 Å². The van der Waals surface area contributed by atoms with Gasteiger partial charge >= 0.3 is 24.0 Å². The van der Waals surface area contributed by atoms with Gasteiger partial charge in [-0.25, -0.2) is 28.0 Å². The van der Waals surface area contributed by atoms with Crippen LogP contribution in [0.5, 0.6) is 0 Å². The highest BCUT2D eigenvalue weighted by molar-refractivity contribution is 9.08. The van der Waals surface area contributed by atoms with Gasteiger partial charge < -0.3 is 34.1 Å². The maximum atomic E-state index is 14.6. The summed E-state index contributed by atoms with van der Waals surface area (Å²) in [5.41, 5.74) is 2.49. The molecule has 12 nitrogen and oxygen atoms in total. The molecular weight excluding hydrogens is 853 g/mol. The van der Waals surface area contributed by atoms with Crippen molar-refractivity contribution in [1.29, 1.82) is 0 Å². The van der Waals surface area contributed by atoms with Gasteiger partial charge in [-0.15, -0.1) is 0 Å². The first kappa shape index (κ1) is 44.9. The van der Waals surface area contributed by atoms with Gasteiger partial charge in [-0.05, 0) is 78.4 Å². The van der Waals surface area contributed by atoms with Crippen LogP contribution >= 0.6 is 39.1 Å². The van der Waals surface area contributed by atoms with E-state index in [1.54, 1.807) is 64.4 Å².